The Bertz CT molecular complexity index is 587. The average Bonchev–Trinajstić information content (AvgIpc) is 3.26. The Morgan fingerprint density at radius 1 is 1.59 bits per heavy atom. The van der Waals surface area contributed by atoms with Crippen LogP contribution in [0.15, 0.2) is 30.0 Å². The van der Waals surface area contributed by atoms with Gasteiger partial charge in [-0.2, -0.15) is 0 Å². The molecule has 0 saturated carbocycles. The van der Waals surface area contributed by atoms with Crippen molar-refractivity contribution in [2.45, 2.75) is 24.8 Å². The third-order valence-electron chi connectivity index (χ3n) is 3.60. The Kier molecular flexibility index (Phi) is 4.84. The zero-order valence-electron chi connectivity index (χ0n) is 11.9. The summed E-state index contributed by atoms with van der Waals surface area (Å²) >= 11 is 1.38. The van der Waals surface area contributed by atoms with E-state index in [4.69, 9.17) is 4.74 Å². The number of thiophene rings is 1. The summed E-state index contributed by atoms with van der Waals surface area (Å²) in [4.78, 5) is 19.5. The molecule has 1 saturated heterocycles. The van der Waals surface area contributed by atoms with Crippen LogP contribution < -0.4 is 10.6 Å². The first kappa shape index (κ1) is 15.2. The number of H-pyrrole nitrogens is 1. The molecule has 0 bridgehead atoms. The van der Waals surface area contributed by atoms with E-state index < -0.39 is 12.2 Å². The lowest BCUT2D eigenvalue weighted by molar-refractivity contribution is 0.0399. The van der Waals surface area contributed by atoms with E-state index >= 15 is 0 Å². The number of ether oxygens (including phenoxy) is 1. The molecule has 1 fully saturated rings. The molecular formula is C14H18N4O3S. The standard InChI is InChI=1S/C14H18N4O3S/c19-13-10(16-5-9-4-15-8-18-9)7-21-11(13)6-17-14(20)12-2-1-3-22-12/h1-4,8,10-11,13,16,19H,5-7H2,(H,15,18)(H,17,20). The summed E-state index contributed by atoms with van der Waals surface area (Å²) in [5, 5.41) is 18.1. The van der Waals surface area contributed by atoms with Gasteiger partial charge in [-0.25, -0.2) is 4.98 Å². The highest BCUT2D eigenvalue weighted by atomic mass is 32.1. The van der Waals surface area contributed by atoms with Gasteiger partial charge in [-0.15, -0.1) is 11.3 Å². The number of hydrogen-bond acceptors (Lipinski definition) is 6. The minimum atomic E-state index is -0.661. The van der Waals surface area contributed by atoms with Crippen molar-refractivity contribution < 1.29 is 14.6 Å². The highest BCUT2D eigenvalue weighted by Crippen LogP contribution is 2.15. The SMILES string of the molecule is O=C(NCC1OCC(NCc2cnc[nH]2)C1O)c1cccs1. The van der Waals surface area contributed by atoms with Crippen LogP contribution in [0.25, 0.3) is 0 Å². The molecular weight excluding hydrogens is 304 g/mol. The Labute approximate surface area is 131 Å². The smallest absolute Gasteiger partial charge is 0.261 e. The molecule has 2 aromatic heterocycles. The highest BCUT2D eigenvalue weighted by Gasteiger charge is 2.35. The zero-order valence-corrected chi connectivity index (χ0v) is 12.7. The van der Waals surface area contributed by atoms with E-state index in [-0.39, 0.29) is 11.9 Å². The van der Waals surface area contributed by atoms with Crippen molar-refractivity contribution in [3.05, 3.63) is 40.6 Å². The van der Waals surface area contributed by atoms with E-state index in [1.54, 1.807) is 18.6 Å². The fraction of sp³-hybridized carbons (Fsp3) is 0.429. The molecule has 22 heavy (non-hydrogen) atoms. The first-order valence-corrected chi connectivity index (χ1v) is 7.94. The molecule has 1 amide bonds. The quantitative estimate of drug-likeness (QED) is 0.605. The predicted molar refractivity (Wildman–Crippen MR) is 81.6 cm³/mol. The van der Waals surface area contributed by atoms with Gasteiger partial charge in [-0.05, 0) is 11.4 Å². The molecule has 0 spiro atoms. The van der Waals surface area contributed by atoms with Crippen molar-refractivity contribution in [1.29, 1.82) is 0 Å². The minimum absolute atomic E-state index is 0.139. The molecule has 7 nitrogen and oxygen atoms in total. The first-order valence-electron chi connectivity index (χ1n) is 7.06. The molecule has 0 radical (unpaired) electrons. The van der Waals surface area contributed by atoms with E-state index in [0.717, 1.165) is 5.69 Å². The predicted octanol–water partition coefficient (Wildman–Crippen LogP) is 0.119. The van der Waals surface area contributed by atoms with Crippen LogP contribution in [-0.2, 0) is 11.3 Å². The maximum absolute atomic E-state index is 11.9. The van der Waals surface area contributed by atoms with Crippen LogP contribution in [-0.4, -0.2) is 52.4 Å². The lowest BCUT2D eigenvalue weighted by atomic mass is 10.1. The number of imidazole rings is 1. The molecule has 1 aliphatic heterocycles. The second kappa shape index (κ2) is 7.01. The summed E-state index contributed by atoms with van der Waals surface area (Å²) in [6, 6.07) is 3.43. The Morgan fingerprint density at radius 3 is 3.23 bits per heavy atom. The van der Waals surface area contributed by atoms with Gasteiger partial charge in [-0.1, -0.05) is 6.07 Å². The van der Waals surface area contributed by atoms with Crippen LogP contribution in [0.2, 0.25) is 0 Å². The van der Waals surface area contributed by atoms with Crippen molar-refractivity contribution in [1.82, 2.24) is 20.6 Å². The summed E-state index contributed by atoms with van der Waals surface area (Å²) in [5.74, 6) is -0.139. The van der Waals surface area contributed by atoms with Gasteiger partial charge in [0.15, 0.2) is 0 Å². The van der Waals surface area contributed by atoms with E-state index in [9.17, 15) is 9.90 Å². The van der Waals surface area contributed by atoms with Gasteiger partial charge in [-0.3, -0.25) is 4.79 Å². The van der Waals surface area contributed by atoms with Gasteiger partial charge in [0.25, 0.3) is 5.91 Å². The van der Waals surface area contributed by atoms with Crippen molar-refractivity contribution in [3.63, 3.8) is 0 Å². The summed E-state index contributed by atoms with van der Waals surface area (Å²) in [6.45, 7) is 1.29. The van der Waals surface area contributed by atoms with Gasteiger partial charge in [0.1, 0.15) is 6.10 Å². The number of rotatable bonds is 6. The summed E-state index contributed by atoms with van der Waals surface area (Å²) in [6.07, 6.45) is 2.28. The zero-order chi connectivity index (χ0) is 15.4. The molecule has 3 rings (SSSR count). The first-order chi connectivity index (χ1) is 10.7. The second-order valence-electron chi connectivity index (χ2n) is 5.11. The van der Waals surface area contributed by atoms with Crippen LogP contribution >= 0.6 is 11.3 Å². The number of aliphatic hydroxyl groups is 1. The number of aromatic nitrogens is 2. The lowest BCUT2D eigenvalue weighted by Gasteiger charge is -2.18. The normalized spacial score (nSPS) is 24.5. The monoisotopic (exact) mass is 322 g/mol. The van der Waals surface area contributed by atoms with Gasteiger partial charge in [0.2, 0.25) is 0 Å². The summed E-state index contributed by atoms with van der Waals surface area (Å²) in [5.41, 5.74) is 0.946. The fourth-order valence-corrected chi connectivity index (χ4v) is 2.99. The van der Waals surface area contributed by atoms with E-state index in [1.807, 2.05) is 11.4 Å². The molecule has 8 heteroatoms. The number of hydrogen-bond donors (Lipinski definition) is 4. The van der Waals surface area contributed by atoms with Crippen LogP contribution in [0, 0.1) is 0 Å². The third kappa shape index (κ3) is 3.53. The van der Waals surface area contributed by atoms with Crippen LogP contribution in [0.4, 0.5) is 0 Å². The number of carbonyl (C=O) groups excluding carboxylic acids is 1. The van der Waals surface area contributed by atoms with E-state index in [0.29, 0.717) is 24.6 Å². The van der Waals surface area contributed by atoms with Gasteiger partial charge in [0, 0.05) is 25.0 Å². The second-order valence-corrected chi connectivity index (χ2v) is 6.06. The van der Waals surface area contributed by atoms with Crippen molar-refractivity contribution in [2.24, 2.45) is 0 Å². The average molecular weight is 322 g/mol. The topological polar surface area (TPSA) is 99.3 Å². The Hall–Kier alpha value is -1.74. The van der Waals surface area contributed by atoms with E-state index in [1.165, 1.54) is 11.3 Å². The van der Waals surface area contributed by atoms with Crippen molar-refractivity contribution in [3.8, 4) is 0 Å². The molecule has 3 unspecified atom stereocenters. The van der Waals surface area contributed by atoms with Crippen molar-refractivity contribution in [2.75, 3.05) is 13.2 Å². The van der Waals surface area contributed by atoms with Crippen molar-refractivity contribution >= 4 is 17.2 Å². The van der Waals surface area contributed by atoms with Gasteiger partial charge in [0.05, 0.1) is 30.0 Å². The number of aliphatic hydroxyl groups excluding tert-OH is 1. The van der Waals surface area contributed by atoms with Crippen LogP contribution in [0.3, 0.4) is 0 Å². The Morgan fingerprint density at radius 2 is 2.50 bits per heavy atom. The fourth-order valence-electron chi connectivity index (χ4n) is 2.35. The highest BCUT2D eigenvalue weighted by molar-refractivity contribution is 7.12. The number of nitrogens with zero attached hydrogens (tertiary/aromatic N) is 1. The third-order valence-corrected chi connectivity index (χ3v) is 4.47. The number of carbonyl (C=O) groups is 1. The molecule has 0 aliphatic carbocycles. The van der Waals surface area contributed by atoms with Crippen LogP contribution in [0.5, 0.6) is 0 Å². The lowest BCUT2D eigenvalue weighted by Crippen LogP contribution is -2.44. The summed E-state index contributed by atoms with van der Waals surface area (Å²) in [7, 11) is 0. The maximum Gasteiger partial charge on any atom is 0.261 e. The molecule has 2 aromatic rings. The number of amides is 1. The molecule has 1 aliphatic rings. The molecule has 4 N–H and O–H groups in total. The molecule has 0 aromatic carbocycles. The molecule has 3 heterocycles. The summed E-state index contributed by atoms with van der Waals surface area (Å²) < 4.78 is 5.57. The molecule has 3 atom stereocenters. The number of aromatic amines is 1. The van der Waals surface area contributed by atoms with Gasteiger partial charge >= 0.3 is 0 Å². The molecule has 118 valence electrons. The van der Waals surface area contributed by atoms with Gasteiger partial charge < -0.3 is 25.5 Å². The maximum atomic E-state index is 11.9. The Balaban J connectivity index is 1.44. The van der Waals surface area contributed by atoms with Crippen LogP contribution in [0.1, 0.15) is 15.4 Å². The largest absolute Gasteiger partial charge is 0.389 e. The number of nitrogens with one attached hydrogen (secondary N) is 3. The van der Waals surface area contributed by atoms with E-state index in [2.05, 4.69) is 20.6 Å². The minimum Gasteiger partial charge on any atom is -0.389 e.